The molecular weight excluding hydrogens is 430 g/mol. The predicted octanol–water partition coefficient (Wildman–Crippen LogP) is 1.62. The van der Waals surface area contributed by atoms with E-state index in [9.17, 15) is 9.59 Å². The summed E-state index contributed by atoms with van der Waals surface area (Å²) in [4.78, 5) is 33.8. The summed E-state index contributed by atoms with van der Waals surface area (Å²) < 4.78 is 1.44. The van der Waals surface area contributed by atoms with Gasteiger partial charge in [0.05, 0.1) is 5.56 Å². The van der Waals surface area contributed by atoms with Gasteiger partial charge in [0.15, 0.2) is 0 Å². The zero-order chi connectivity index (χ0) is 23.4. The van der Waals surface area contributed by atoms with Gasteiger partial charge in [0, 0.05) is 49.7 Å². The molecule has 0 saturated carbocycles. The molecule has 2 fully saturated rings. The summed E-state index contributed by atoms with van der Waals surface area (Å²) in [7, 11) is 0. The van der Waals surface area contributed by atoms with Crippen LogP contribution >= 0.6 is 0 Å². The number of hydrogen-bond donors (Lipinski definition) is 0. The summed E-state index contributed by atoms with van der Waals surface area (Å²) in [5.41, 5.74) is 2.27. The van der Waals surface area contributed by atoms with E-state index in [0.29, 0.717) is 25.2 Å². The smallest absolute Gasteiger partial charge is 0.255 e. The first kappa shape index (κ1) is 21.8. The van der Waals surface area contributed by atoms with Crippen molar-refractivity contribution in [2.75, 3.05) is 26.2 Å². The van der Waals surface area contributed by atoms with Crippen LogP contribution in [0.1, 0.15) is 40.7 Å². The molecule has 4 heterocycles. The molecule has 0 radical (unpaired) electrons. The van der Waals surface area contributed by atoms with Crippen LogP contribution in [0.5, 0.6) is 0 Å². The molecule has 172 valence electrons. The lowest BCUT2D eigenvalue weighted by atomic mass is 9.78. The highest BCUT2D eigenvalue weighted by Gasteiger charge is 2.42. The molecule has 3 aromatic rings. The molecule has 2 saturated heterocycles. The minimum absolute atomic E-state index is 0.00933. The second kappa shape index (κ2) is 9.43. The molecule has 9 nitrogen and oxygen atoms in total. The Morgan fingerprint density at radius 2 is 1.68 bits per heavy atom. The number of carbonyl (C=O) groups excluding carboxylic acids is 2. The van der Waals surface area contributed by atoms with Gasteiger partial charge in [0.25, 0.3) is 5.91 Å². The van der Waals surface area contributed by atoms with Gasteiger partial charge in [-0.25, -0.2) is 4.68 Å². The Morgan fingerprint density at radius 3 is 2.41 bits per heavy atom. The molecular formula is C25H25N7O2. The zero-order valence-electron chi connectivity index (χ0n) is 18.8. The van der Waals surface area contributed by atoms with E-state index in [4.69, 9.17) is 0 Å². The first-order valence-electron chi connectivity index (χ1n) is 11.4. The molecule has 9 heteroatoms. The van der Waals surface area contributed by atoms with Gasteiger partial charge < -0.3 is 9.80 Å². The molecule has 2 aliphatic rings. The Kier molecular flexibility index (Phi) is 6.04. The van der Waals surface area contributed by atoms with Crippen LogP contribution in [0.25, 0.3) is 0 Å². The first-order valence-corrected chi connectivity index (χ1v) is 11.4. The molecule has 2 amide bonds. The largest absolute Gasteiger partial charge is 0.341 e. The molecule has 0 unspecified atom stereocenters. The number of likely N-dealkylation sites (tertiary alicyclic amines) is 2. The number of pyridine rings is 1. The third-order valence-electron chi connectivity index (χ3n) is 6.70. The van der Waals surface area contributed by atoms with Crippen molar-refractivity contribution < 1.29 is 9.59 Å². The fourth-order valence-corrected chi connectivity index (χ4v) is 4.71. The lowest BCUT2D eigenvalue weighted by Crippen LogP contribution is -2.45. The number of carbonyl (C=O) groups is 2. The quantitative estimate of drug-likeness (QED) is 0.557. The van der Waals surface area contributed by atoms with Crippen LogP contribution in [0.2, 0.25) is 0 Å². The van der Waals surface area contributed by atoms with Crippen molar-refractivity contribution in [3.8, 4) is 11.8 Å². The lowest BCUT2D eigenvalue weighted by molar-refractivity contribution is -0.134. The van der Waals surface area contributed by atoms with Gasteiger partial charge in [-0.3, -0.25) is 14.6 Å². The number of tetrazole rings is 1. The summed E-state index contributed by atoms with van der Waals surface area (Å²) in [6, 6.07) is 11.6. The van der Waals surface area contributed by atoms with E-state index >= 15 is 0 Å². The van der Waals surface area contributed by atoms with Crippen LogP contribution in [0.3, 0.4) is 0 Å². The molecule has 34 heavy (non-hydrogen) atoms. The van der Waals surface area contributed by atoms with Crippen molar-refractivity contribution in [2.45, 2.75) is 25.8 Å². The fourth-order valence-electron chi connectivity index (χ4n) is 4.71. The minimum atomic E-state index is -0.00933. The number of amides is 2. The third kappa shape index (κ3) is 4.81. The summed E-state index contributed by atoms with van der Waals surface area (Å²) in [5, 5.41) is 10.9. The van der Waals surface area contributed by atoms with Crippen molar-refractivity contribution >= 4 is 11.8 Å². The highest BCUT2D eigenvalue weighted by Crippen LogP contribution is 2.40. The van der Waals surface area contributed by atoms with Gasteiger partial charge >= 0.3 is 0 Å². The Morgan fingerprint density at radius 1 is 0.941 bits per heavy atom. The van der Waals surface area contributed by atoms with Crippen LogP contribution in [-0.2, 0) is 11.3 Å². The Bertz CT molecular complexity index is 1220. The van der Waals surface area contributed by atoms with Gasteiger partial charge in [0.1, 0.15) is 12.9 Å². The van der Waals surface area contributed by atoms with E-state index in [0.717, 1.165) is 36.9 Å². The molecule has 0 bridgehead atoms. The average Bonchev–Trinajstić information content (AvgIpc) is 3.54. The minimum Gasteiger partial charge on any atom is -0.341 e. The molecule has 0 N–H and O–H groups in total. The van der Waals surface area contributed by atoms with Crippen molar-refractivity contribution in [3.05, 3.63) is 71.8 Å². The topological polar surface area (TPSA) is 97.1 Å². The number of piperidine rings is 1. The molecule has 0 atom stereocenters. The van der Waals surface area contributed by atoms with E-state index in [1.54, 1.807) is 12.4 Å². The van der Waals surface area contributed by atoms with Crippen molar-refractivity contribution in [3.63, 3.8) is 0 Å². The third-order valence-corrected chi connectivity index (χ3v) is 6.70. The second-order valence-electron chi connectivity index (χ2n) is 8.94. The van der Waals surface area contributed by atoms with E-state index in [1.165, 1.54) is 11.0 Å². The summed E-state index contributed by atoms with van der Waals surface area (Å²) in [6.07, 6.45) is 7.47. The number of benzene rings is 1. The summed E-state index contributed by atoms with van der Waals surface area (Å²) in [6.45, 7) is 2.96. The van der Waals surface area contributed by atoms with E-state index in [1.807, 2.05) is 46.2 Å². The molecule has 5 rings (SSSR count). The highest BCUT2D eigenvalue weighted by atomic mass is 16.2. The van der Waals surface area contributed by atoms with Gasteiger partial charge in [-0.15, -0.1) is 5.10 Å². The second-order valence-corrected chi connectivity index (χ2v) is 8.94. The molecule has 2 aliphatic heterocycles. The molecule has 0 aliphatic carbocycles. The standard InChI is InChI=1S/C25H25N7O2/c33-23(17-32-19-27-28-29-32)30-11-8-25(9-12-30)10-13-31(18-25)24(34)22-14-21(15-26-16-22)7-6-20-4-2-1-3-5-20/h1-5,14-16,19H,8-13,17-18H2. The highest BCUT2D eigenvalue weighted by molar-refractivity contribution is 5.94. The van der Waals surface area contributed by atoms with Crippen molar-refractivity contribution in [1.82, 2.24) is 35.0 Å². The van der Waals surface area contributed by atoms with Crippen molar-refractivity contribution in [1.29, 1.82) is 0 Å². The Balaban J connectivity index is 1.19. The fraction of sp³-hybridized carbons (Fsp3) is 0.360. The predicted molar refractivity (Wildman–Crippen MR) is 123 cm³/mol. The maximum absolute atomic E-state index is 13.2. The van der Waals surface area contributed by atoms with Gasteiger partial charge in [-0.1, -0.05) is 30.0 Å². The van der Waals surface area contributed by atoms with E-state index in [2.05, 4.69) is 32.4 Å². The monoisotopic (exact) mass is 455 g/mol. The van der Waals surface area contributed by atoms with Gasteiger partial charge in [0.2, 0.25) is 5.91 Å². The number of nitrogens with zero attached hydrogens (tertiary/aromatic N) is 7. The molecule has 2 aromatic heterocycles. The number of hydrogen-bond acceptors (Lipinski definition) is 6. The van der Waals surface area contributed by atoms with Crippen LogP contribution in [0.15, 0.2) is 55.1 Å². The zero-order valence-corrected chi connectivity index (χ0v) is 18.8. The van der Waals surface area contributed by atoms with Gasteiger partial charge in [-0.2, -0.15) is 0 Å². The van der Waals surface area contributed by atoms with Crippen LogP contribution in [-0.4, -0.2) is 73.0 Å². The van der Waals surface area contributed by atoms with Gasteiger partial charge in [-0.05, 0) is 53.3 Å². The molecule has 1 spiro atoms. The maximum Gasteiger partial charge on any atom is 0.255 e. The van der Waals surface area contributed by atoms with Crippen LogP contribution in [0, 0.1) is 17.3 Å². The Hall–Kier alpha value is -4.06. The normalized spacial score (nSPS) is 16.8. The summed E-state index contributed by atoms with van der Waals surface area (Å²) in [5.74, 6) is 6.22. The van der Waals surface area contributed by atoms with Crippen LogP contribution in [0.4, 0.5) is 0 Å². The van der Waals surface area contributed by atoms with Crippen LogP contribution < -0.4 is 0 Å². The summed E-state index contributed by atoms with van der Waals surface area (Å²) >= 11 is 0. The average molecular weight is 456 g/mol. The maximum atomic E-state index is 13.2. The van der Waals surface area contributed by atoms with Crippen molar-refractivity contribution in [2.24, 2.45) is 5.41 Å². The SMILES string of the molecule is O=C(Cn1cnnn1)N1CCC2(CC1)CCN(C(=O)c1cncc(C#Cc3ccccc3)c1)C2. The lowest BCUT2D eigenvalue weighted by Gasteiger charge is -2.39. The number of rotatable bonds is 3. The first-order chi connectivity index (χ1) is 16.6. The molecule has 1 aromatic carbocycles. The van der Waals surface area contributed by atoms with E-state index < -0.39 is 0 Å². The number of aromatic nitrogens is 5. The Labute approximate surface area is 197 Å². The van der Waals surface area contributed by atoms with E-state index in [-0.39, 0.29) is 23.8 Å².